The average Bonchev–Trinajstić information content (AvgIpc) is 2.97. The number of hydrogen-bond donors (Lipinski definition) is 1. The molecule has 1 aromatic heterocycles. The molecular weight excluding hydrogens is 162 g/mol. The van der Waals surface area contributed by atoms with E-state index in [2.05, 4.69) is 11.2 Å². The van der Waals surface area contributed by atoms with Crippen molar-refractivity contribution in [2.45, 2.75) is 36.6 Å². The molecule has 0 spiro atoms. The first kappa shape index (κ1) is 7.56. The highest BCUT2D eigenvalue weighted by molar-refractivity contribution is 5.35. The minimum atomic E-state index is 0.0986. The minimum absolute atomic E-state index is 0.0986. The Kier molecular flexibility index (Phi) is 1.15. The van der Waals surface area contributed by atoms with Crippen molar-refractivity contribution in [2.24, 2.45) is 12.8 Å². The molecule has 0 atom stereocenters. The predicted octanol–water partition coefficient (Wildman–Crippen LogP) is 0.943. The molecule has 13 heavy (non-hydrogen) atoms. The van der Waals surface area contributed by atoms with Crippen molar-refractivity contribution in [1.82, 2.24) is 9.55 Å². The fraction of sp³-hybridized carbons (Fsp3) is 0.700. The summed E-state index contributed by atoms with van der Waals surface area (Å²) in [7, 11) is 2.02. The summed E-state index contributed by atoms with van der Waals surface area (Å²) in [5, 5.41) is 0. The Morgan fingerprint density at radius 1 is 1.38 bits per heavy atom. The minimum Gasteiger partial charge on any atom is -0.340 e. The number of aromatic nitrogens is 2. The Morgan fingerprint density at radius 2 is 2.08 bits per heavy atom. The molecule has 1 heterocycles. The van der Waals surface area contributed by atoms with Crippen LogP contribution in [0.1, 0.15) is 31.4 Å². The molecule has 1 aromatic rings. The maximum Gasteiger partial charge on any atom is 0.0947 e. The number of hydrogen-bond acceptors (Lipinski definition) is 2. The first-order valence-corrected chi connectivity index (χ1v) is 4.94. The lowest BCUT2D eigenvalue weighted by Gasteiger charge is -2.20. The van der Waals surface area contributed by atoms with Crippen LogP contribution in [-0.2, 0) is 12.5 Å². The first-order chi connectivity index (χ1) is 6.16. The molecule has 0 amide bonds. The van der Waals surface area contributed by atoms with Gasteiger partial charge in [0.05, 0.1) is 12.0 Å². The SMILES string of the molecule is Cn1cnc(C2(C3(N)CC3)CC2)c1. The van der Waals surface area contributed by atoms with Gasteiger partial charge in [-0.2, -0.15) is 0 Å². The standard InChI is InChI=1S/C10H15N3/c1-13-6-8(12-7-13)9(2-3-9)10(11)4-5-10/h6-7H,2-5,11H2,1H3. The Balaban J connectivity index is 2.00. The average molecular weight is 177 g/mol. The van der Waals surface area contributed by atoms with E-state index in [1.54, 1.807) is 0 Å². The Hall–Kier alpha value is -0.830. The summed E-state index contributed by atoms with van der Waals surface area (Å²) in [6, 6.07) is 0. The van der Waals surface area contributed by atoms with E-state index >= 15 is 0 Å². The molecule has 2 aliphatic carbocycles. The highest BCUT2D eigenvalue weighted by Crippen LogP contribution is 2.63. The van der Waals surface area contributed by atoms with E-state index in [-0.39, 0.29) is 11.0 Å². The Bertz CT molecular complexity index is 345. The third-order valence-electron chi connectivity index (χ3n) is 3.69. The van der Waals surface area contributed by atoms with Crippen LogP contribution in [0.25, 0.3) is 0 Å². The zero-order valence-electron chi connectivity index (χ0n) is 7.95. The van der Waals surface area contributed by atoms with E-state index in [9.17, 15) is 0 Å². The zero-order valence-corrected chi connectivity index (χ0v) is 7.95. The van der Waals surface area contributed by atoms with Crippen molar-refractivity contribution in [3.8, 4) is 0 Å². The van der Waals surface area contributed by atoms with Crippen LogP contribution < -0.4 is 5.73 Å². The molecule has 2 N–H and O–H groups in total. The molecule has 2 aliphatic rings. The molecule has 2 fully saturated rings. The molecule has 3 rings (SSSR count). The van der Waals surface area contributed by atoms with Gasteiger partial charge >= 0.3 is 0 Å². The molecule has 3 heteroatoms. The highest BCUT2D eigenvalue weighted by Gasteiger charge is 2.65. The van der Waals surface area contributed by atoms with Crippen LogP contribution in [0.15, 0.2) is 12.5 Å². The molecule has 70 valence electrons. The van der Waals surface area contributed by atoms with Crippen LogP contribution in [0.5, 0.6) is 0 Å². The van der Waals surface area contributed by atoms with E-state index in [4.69, 9.17) is 5.73 Å². The number of nitrogens with two attached hydrogens (primary N) is 1. The van der Waals surface area contributed by atoms with Gasteiger partial charge in [-0.25, -0.2) is 4.98 Å². The molecule has 0 radical (unpaired) electrons. The van der Waals surface area contributed by atoms with Crippen LogP contribution in [-0.4, -0.2) is 15.1 Å². The topological polar surface area (TPSA) is 43.8 Å². The summed E-state index contributed by atoms with van der Waals surface area (Å²) in [6.45, 7) is 0. The van der Waals surface area contributed by atoms with Gasteiger partial charge in [-0.15, -0.1) is 0 Å². The fourth-order valence-corrected chi connectivity index (χ4v) is 2.41. The van der Waals surface area contributed by atoms with Crippen LogP contribution in [0.4, 0.5) is 0 Å². The smallest absolute Gasteiger partial charge is 0.0947 e. The number of aryl methyl sites for hydroxylation is 1. The Labute approximate surface area is 78.0 Å². The zero-order chi connectivity index (χ0) is 9.10. The lowest BCUT2D eigenvalue weighted by Crippen LogP contribution is -2.37. The molecular formula is C10H15N3. The maximum atomic E-state index is 6.28. The molecule has 0 aliphatic heterocycles. The molecule has 0 unspecified atom stereocenters. The Morgan fingerprint density at radius 3 is 2.46 bits per heavy atom. The summed E-state index contributed by atoms with van der Waals surface area (Å²) in [6.07, 6.45) is 8.84. The number of nitrogens with zero attached hydrogens (tertiary/aromatic N) is 2. The summed E-state index contributed by atoms with van der Waals surface area (Å²) in [5.41, 5.74) is 7.85. The second-order valence-electron chi connectivity index (χ2n) is 4.66. The van der Waals surface area contributed by atoms with Gasteiger partial charge in [0.2, 0.25) is 0 Å². The summed E-state index contributed by atoms with van der Waals surface area (Å²) in [4.78, 5) is 4.44. The van der Waals surface area contributed by atoms with Crippen LogP contribution in [0.3, 0.4) is 0 Å². The van der Waals surface area contributed by atoms with Gasteiger partial charge in [0.1, 0.15) is 0 Å². The first-order valence-electron chi connectivity index (χ1n) is 4.94. The van der Waals surface area contributed by atoms with E-state index in [1.807, 2.05) is 17.9 Å². The van der Waals surface area contributed by atoms with Gasteiger partial charge < -0.3 is 10.3 Å². The lowest BCUT2D eigenvalue weighted by atomic mass is 9.91. The van der Waals surface area contributed by atoms with Crippen molar-refractivity contribution in [1.29, 1.82) is 0 Å². The van der Waals surface area contributed by atoms with Crippen molar-refractivity contribution < 1.29 is 0 Å². The third-order valence-corrected chi connectivity index (χ3v) is 3.69. The van der Waals surface area contributed by atoms with Crippen molar-refractivity contribution in [3.63, 3.8) is 0 Å². The normalized spacial score (nSPS) is 27.2. The van der Waals surface area contributed by atoms with Crippen molar-refractivity contribution in [2.75, 3.05) is 0 Å². The maximum absolute atomic E-state index is 6.28. The second-order valence-corrected chi connectivity index (χ2v) is 4.66. The molecule has 0 aromatic carbocycles. The van der Waals surface area contributed by atoms with Gasteiger partial charge in [-0.3, -0.25) is 0 Å². The molecule has 0 bridgehead atoms. The molecule has 0 saturated heterocycles. The number of rotatable bonds is 2. The van der Waals surface area contributed by atoms with E-state index in [0.717, 1.165) is 0 Å². The molecule has 2 saturated carbocycles. The largest absolute Gasteiger partial charge is 0.340 e. The third kappa shape index (κ3) is 0.854. The number of imidazole rings is 1. The van der Waals surface area contributed by atoms with E-state index in [0.29, 0.717) is 0 Å². The predicted molar refractivity (Wildman–Crippen MR) is 50.3 cm³/mol. The van der Waals surface area contributed by atoms with E-state index in [1.165, 1.54) is 31.4 Å². The van der Waals surface area contributed by atoms with Crippen LogP contribution >= 0.6 is 0 Å². The highest BCUT2D eigenvalue weighted by atomic mass is 15.0. The lowest BCUT2D eigenvalue weighted by molar-refractivity contribution is 0.492. The quantitative estimate of drug-likeness (QED) is 0.730. The molecule has 3 nitrogen and oxygen atoms in total. The van der Waals surface area contributed by atoms with Crippen molar-refractivity contribution >= 4 is 0 Å². The van der Waals surface area contributed by atoms with Gasteiger partial charge in [0.25, 0.3) is 0 Å². The summed E-state index contributed by atoms with van der Waals surface area (Å²) >= 11 is 0. The van der Waals surface area contributed by atoms with Gasteiger partial charge in [-0.1, -0.05) is 0 Å². The van der Waals surface area contributed by atoms with Gasteiger partial charge in [0, 0.05) is 24.2 Å². The second kappa shape index (κ2) is 1.98. The summed E-state index contributed by atoms with van der Waals surface area (Å²) < 4.78 is 2.02. The van der Waals surface area contributed by atoms with Gasteiger partial charge in [-0.05, 0) is 25.7 Å². The monoisotopic (exact) mass is 177 g/mol. The van der Waals surface area contributed by atoms with Gasteiger partial charge in [0.15, 0.2) is 0 Å². The van der Waals surface area contributed by atoms with Crippen molar-refractivity contribution in [3.05, 3.63) is 18.2 Å². The van der Waals surface area contributed by atoms with E-state index < -0.39 is 0 Å². The fourth-order valence-electron chi connectivity index (χ4n) is 2.41. The van der Waals surface area contributed by atoms with Crippen LogP contribution in [0, 0.1) is 0 Å². The van der Waals surface area contributed by atoms with Crippen LogP contribution in [0.2, 0.25) is 0 Å². The summed E-state index contributed by atoms with van der Waals surface area (Å²) in [5.74, 6) is 0.